The lowest BCUT2D eigenvalue weighted by Crippen LogP contribution is -2.35. The van der Waals surface area contributed by atoms with E-state index in [0.29, 0.717) is 12.6 Å². The third-order valence-electron chi connectivity index (χ3n) is 4.52. The summed E-state index contributed by atoms with van der Waals surface area (Å²) in [5, 5.41) is 12.6. The Morgan fingerprint density at radius 3 is 2.73 bits per heavy atom. The topological polar surface area (TPSA) is 32.3 Å². The van der Waals surface area contributed by atoms with Gasteiger partial charge in [0.05, 0.1) is 0 Å². The Morgan fingerprint density at radius 2 is 2.20 bits per heavy atom. The van der Waals surface area contributed by atoms with Crippen LogP contribution < -0.4 is 5.32 Å². The van der Waals surface area contributed by atoms with E-state index in [2.05, 4.69) is 12.2 Å². The van der Waals surface area contributed by atoms with Crippen molar-refractivity contribution in [3.8, 4) is 0 Å². The van der Waals surface area contributed by atoms with Crippen LogP contribution >= 0.6 is 0 Å². The molecule has 4 unspecified atom stereocenters. The van der Waals surface area contributed by atoms with Crippen LogP contribution in [0.1, 0.15) is 45.4 Å². The molecule has 2 N–H and O–H groups in total. The first-order valence-electron chi connectivity index (χ1n) is 6.67. The van der Waals surface area contributed by atoms with E-state index < -0.39 is 0 Å². The minimum atomic E-state index is 0.322. The van der Waals surface area contributed by atoms with Gasteiger partial charge in [-0.25, -0.2) is 0 Å². The van der Waals surface area contributed by atoms with E-state index in [1.54, 1.807) is 0 Å². The van der Waals surface area contributed by atoms with Gasteiger partial charge in [0, 0.05) is 12.6 Å². The standard InChI is InChI=1S/C13H25NO/c1-2-13(5-6-15)14-9-12-8-10-3-4-11(12)7-10/h10-15H,2-9H2,1H3. The van der Waals surface area contributed by atoms with Gasteiger partial charge < -0.3 is 10.4 Å². The molecule has 2 fully saturated rings. The van der Waals surface area contributed by atoms with Crippen molar-refractivity contribution >= 4 is 0 Å². The molecule has 2 aliphatic rings. The van der Waals surface area contributed by atoms with E-state index in [1.165, 1.54) is 32.2 Å². The number of rotatable bonds is 6. The maximum Gasteiger partial charge on any atom is 0.0445 e. The van der Waals surface area contributed by atoms with Crippen molar-refractivity contribution in [3.63, 3.8) is 0 Å². The van der Waals surface area contributed by atoms with Crippen molar-refractivity contribution in [1.82, 2.24) is 5.32 Å². The molecule has 0 aromatic carbocycles. The highest BCUT2D eigenvalue weighted by atomic mass is 16.3. The van der Waals surface area contributed by atoms with Gasteiger partial charge in [-0.1, -0.05) is 13.3 Å². The molecule has 2 heteroatoms. The van der Waals surface area contributed by atoms with Crippen molar-refractivity contribution in [2.24, 2.45) is 17.8 Å². The van der Waals surface area contributed by atoms with Crippen LogP contribution in [0.3, 0.4) is 0 Å². The lowest BCUT2D eigenvalue weighted by molar-refractivity contribution is 0.248. The number of fused-ring (bicyclic) bond motifs is 2. The SMILES string of the molecule is CCC(CCO)NCC1CC2CCC1C2. The maximum atomic E-state index is 8.92. The first kappa shape index (κ1) is 11.4. The monoisotopic (exact) mass is 211 g/mol. The van der Waals surface area contributed by atoms with Crippen molar-refractivity contribution < 1.29 is 5.11 Å². The molecule has 2 nitrogen and oxygen atoms in total. The Bertz CT molecular complexity index is 195. The predicted octanol–water partition coefficient (Wildman–Crippen LogP) is 2.17. The summed E-state index contributed by atoms with van der Waals surface area (Å²) < 4.78 is 0. The second-order valence-corrected chi connectivity index (χ2v) is 5.46. The first-order valence-corrected chi connectivity index (χ1v) is 6.67. The summed E-state index contributed by atoms with van der Waals surface area (Å²) in [7, 11) is 0. The highest BCUT2D eigenvalue weighted by Crippen LogP contribution is 2.47. The van der Waals surface area contributed by atoms with Crippen molar-refractivity contribution in [1.29, 1.82) is 0 Å². The Balaban J connectivity index is 1.69. The van der Waals surface area contributed by atoms with Gasteiger partial charge in [-0.2, -0.15) is 0 Å². The molecule has 0 saturated heterocycles. The average Bonchev–Trinajstić information content (AvgIpc) is 2.85. The van der Waals surface area contributed by atoms with Crippen molar-refractivity contribution in [2.45, 2.75) is 51.5 Å². The van der Waals surface area contributed by atoms with Gasteiger partial charge in [0.15, 0.2) is 0 Å². The highest BCUT2D eigenvalue weighted by molar-refractivity contribution is 4.91. The smallest absolute Gasteiger partial charge is 0.0445 e. The summed E-state index contributed by atoms with van der Waals surface area (Å²) in [5.74, 6) is 3.02. The molecule has 0 aromatic heterocycles. The van der Waals surface area contributed by atoms with Crippen molar-refractivity contribution in [3.05, 3.63) is 0 Å². The quantitative estimate of drug-likeness (QED) is 0.706. The summed E-state index contributed by atoms with van der Waals surface area (Å²) in [4.78, 5) is 0. The summed E-state index contributed by atoms with van der Waals surface area (Å²) >= 11 is 0. The zero-order valence-electron chi connectivity index (χ0n) is 9.91. The molecule has 0 spiro atoms. The fourth-order valence-corrected chi connectivity index (χ4v) is 3.55. The molecule has 15 heavy (non-hydrogen) atoms. The minimum absolute atomic E-state index is 0.322. The fourth-order valence-electron chi connectivity index (χ4n) is 3.55. The molecule has 2 aliphatic carbocycles. The van der Waals surface area contributed by atoms with Gasteiger partial charge in [0.2, 0.25) is 0 Å². The summed E-state index contributed by atoms with van der Waals surface area (Å²) in [6, 6.07) is 0.536. The largest absolute Gasteiger partial charge is 0.396 e. The lowest BCUT2D eigenvalue weighted by Gasteiger charge is -2.25. The van der Waals surface area contributed by atoms with E-state index >= 15 is 0 Å². The predicted molar refractivity (Wildman–Crippen MR) is 62.7 cm³/mol. The summed E-state index contributed by atoms with van der Waals surface area (Å²) in [5.41, 5.74) is 0. The van der Waals surface area contributed by atoms with Gasteiger partial charge in [0.1, 0.15) is 0 Å². The lowest BCUT2D eigenvalue weighted by atomic mass is 9.88. The number of aliphatic hydroxyl groups excluding tert-OH is 1. The van der Waals surface area contributed by atoms with Crippen LogP contribution in [0.25, 0.3) is 0 Å². The highest BCUT2D eigenvalue weighted by Gasteiger charge is 2.39. The molecule has 4 atom stereocenters. The average molecular weight is 211 g/mol. The van der Waals surface area contributed by atoms with Crippen LogP contribution in [0, 0.1) is 17.8 Å². The van der Waals surface area contributed by atoms with Crippen LogP contribution in [0.15, 0.2) is 0 Å². The maximum absolute atomic E-state index is 8.92. The van der Waals surface area contributed by atoms with E-state index in [9.17, 15) is 0 Å². The molecule has 0 aromatic rings. The Labute approximate surface area is 93.5 Å². The fraction of sp³-hybridized carbons (Fsp3) is 1.00. The number of aliphatic hydroxyl groups is 1. The molecule has 88 valence electrons. The molecule has 0 aliphatic heterocycles. The van der Waals surface area contributed by atoms with Gasteiger partial charge in [-0.3, -0.25) is 0 Å². The molecular weight excluding hydrogens is 186 g/mol. The van der Waals surface area contributed by atoms with Gasteiger partial charge in [0.25, 0.3) is 0 Å². The normalized spacial score (nSPS) is 36.0. The van der Waals surface area contributed by atoms with Gasteiger partial charge >= 0.3 is 0 Å². The van der Waals surface area contributed by atoms with Crippen LogP contribution in [0.5, 0.6) is 0 Å². The van der Waals surface area contributed by atoms with Crippen LogP contribution in [-0.2, 0) is 0 Å². The Morgan fingerprint density at radius 1 is 1.33 bits per heavy atom. The first-order chi connectivity index (χ1) is 7.33. The summed E-state index contributed by atoms with van der Waals surface area (Å²) in [6.07, 6.45) is 8.00. The van der Waals surface area contributed by atoms with E-state index in [4.69, 9.17) is 5.11 Å². The molecule has 0 heterocycles. The number of hydrogen-bond donors (Lipinski definition) is 2. The van der Waals surface area contributed by atoms with Gasteiger partial charge in [-0.15, -0.1) is 0 Å². The number of hydrogen-bond acceptors (Lipinski definition) is 2. The molecule has 0 radical (unpaired) electrons. The van der Waals surface area contributed by atoms with Crippen LogP contribution in [0.4, 0.5) is 0 Å². The zero-order chi connectivity index (χ0) is 10.7. The van der Waals surface area contributed by atoms with Crippen LogP contribution in [0.2, 0.25) is 0 Å². The number of nitrogens with one attached hydrogen (secondary N) is 1. The molecular formula is C13H25NO. The molecule has 2 bridgehead atoms. The zero-order valence-corrected chi connectivity index (χ0v) is 9.91. The summed E-state index contributed by atoms with van der Waals surface area (Å²) in [6.45, 7) is 3.72. The molecule has 2 saturated carbocycles. The van der Waals surface area contributed by atoms with E-state index in [-0.39, 0.29) is 0 Å². The molecule has 2 rings (SSSR count). The van der Waals surface area contributed by atoms with Gasteiger partial charge in [-0.05, 0) is 56.4 Å². The van der Waals surface area contributed by atoms with Crippen LogP contribution in [-0.4, -0.2) is 24.3 Å². The Hall–Kier alpha value is -0.0800. The second-order valence-electron chi connectivity index (χ2n) is 5.46. The molecule has 0 amide bonds. The Kier molecular flexibility index (Phi) is 4.04. The van der Waals surface area contributed by atoms with E-state index in [1.807, 2.05) is 0 Å². The third kappa shape index (κ3) is 2.73. The minimum Gasteiger partial charge on any atom is -0.396 e. The van der Waals surface area contributed by atoms with E-state index in [0.717, 1.165) is 30.6 Å². The third-order valence-corrected chi connectivity index (χ3v) is 4.52. The second kappa shape index (κ2) is 5.31. The van der Waals surface area contributed by atoms with Crippen molar-refractivity contribution in [2.75, 3.05) is 13.2 Å².